The number of urea groups is 1. The van der Waals surface area contributed by atoms with Crippen molar-refractivity contribution in [1.82, 2.24) is 10.6 Å². The van der Waals surface area contributed by atoms with E-state index in [1.165, 1.54) is 0 Å². The van der Waals surface area contributed by atoms with Gasteiger partial charge in [0.15, 0.2) is 0 Å². The molecule has 2 saturated heterocycles. The molecule has 0 radical (unpaired) electrons. The minimum absolute atomic E-state index is 0.171. The number of amides is 3. The van der Waals surface area contributed by atoms with E-state index in [-0.39, 0.29) is 18.1 Å². The summed E-state index contributed by atoms with van der Waals surface area (Å²) in [5.74, 6) is -0.245. The number of ether oxygens (including phenoxy) is 1. The molecule has 0 bridgehead atoms. The molecule has 5 nitrogen and oxygen atoms in total. The second-order valence-corrected chi connectivity index (χ2v) is 2.71. The first kappa shape index (κ1) is 6.60. The zero-order valence-corrected chi connectivity index (χ0v) is 5.79. The third kappa shape index (κ3) is 1.32. The van der Waals surface area contributed by atoms with E-state index in [2.05, 4.69) is 10.6 Å². The van der Waals surface area contributed by atoms with Crippen LogP contribution in [0, 0.1) is 0 Å². The van der Waals surface area contributed by atoms with Gasteiger partial charge < -0.3 is 10.1 Å². The summed E-state index contributed by atoms with van der Waals surface area (Å²) in [6, 6.07) is -0.782. The minimum atomic E-state index is -0.402. The molecule has 2 heterocycles. The van der Waals surface area contributed by atoms with E-state index in [4.69, 9.17) is 4.74 Å². The number of hydrogen-bond donors (Lipinski definition) is 2. The molecule has 2 aliphatic heterocycles. The quantitative estimate of drug-likeness (QED) is 0.397. The molecule has 60 valence electrons. The minimum Gasteiger partial charge on any atom is -0.373 e. The molecule has 2 rings (SSSR count). The molecular weight excluding hydrogens is 148 g/mol. The average molecular weight is 156 g/mol. The van der Waals surface area contributed by atoms with Gasteiger partial charge in [0, 0.05) is 6.42 Å². The van der Waals surface area contributed by atoms with Crippen molar-refractivity contribution in [3.63, 3.8) is 0 Å². The molecule has 0 spiro atoms. The monoisotopic (exact) mass is 156 g/mol. The third-order valence-electron chi connectivity index (χ3n) is 1.76. The number of epoxide rings is 1. The molecule has 11 heavy (non-hydrogen) atoms. The summed E-state index contributed by atoms with van der Waals surface area (Å²) in [5, 5.41) is 4.65. The number of nitrogens with one attached hydrogen (secondary N) is 2. The van der Waals surface area contributed by atoms with Crippen molar-refractivity contribution in [2.45, 2.75) is 18.6 Å². The lowest BCUT2D eigenvalue weighted by molar-refractivity contribution is -0.120. The van der Waals surface area contributed by atoms with Gasteiger partial charge in [0.25, 0.3) is 5.91 Å². The second-order valence-electron chi connectivity index (χ2n) is 2.71. The molecule has 0 aromatic rings. The second kappa shape index (κ2) is 2.20. The summed E-state index contributed by atoms with van der Waals surface area (Å²) in [6.07, 6.45) is 0.765. The van der Waals surface area contributed by atoms with Crippen LogP contribution in [0.25, 0.3) is 0 Å². The lowest BCUT2D eigenvalue weighted by Crippen LogP contribution is -2.30. The third-order valence-corrected chi connectivity index (χ3v) is 1.76. The van der Waals surface area contributed by atoms with Crippen LogP contribution in [0.4, 0.5) is 4.79 Å². The maximum atomic E-state index is 10.9. The highest BCUT2D eigenvalue weighted by atomic mass is 16.6. The Kier molecular flexibility index (Phi) is 1.32. The van der Waals surface area contributed by atoms with Gasteiger partial charge in [-0.25, -0.2) is 4.79 Å². The molecule has 3 amide bonds. The molecule has 0 aromatic carbocycles. The smallest absolute Gasteiger partial charge is 0.322 e. The van der Waals surface area contributed by atoms with Gasteiger partial charge in [-0.2, -0.15) is 0 Å². The van der Waals surface area contributed by atoms with Crippen LogP contribution in [0.5, 0.6) is 0 Å². The fraction of sp³-hybridized carbons (Fsp3) is 0.667. The van der Waals surface area contributed by atoms with Crippen LogP contribution in [-0.4, -0.2) is 30.7 Å². The number of carbonyl (C=O) groups excluding carboxylic acids is 2. The van der Waals surface area contributed by atoms with Crippen LogP contribution < -0.4 is 10.6 Å². The van der Waals surface area contributed by atoms with E-state index >= 15 is 0 Å². The zero-order chi connectivity index (χ0) is 7.84. The molecule has 2 unspecified atom stereocenters. The van der Waals surface area contributed by atoms with Gasteiger partial charge in [0.05, 0.1) is 12.7 Å². The molecule has 2 aliphatic rings. The van der Waals surface area contributed by atoms with Crippen LogP contribution in [0.3, 0.4) is 0 Å². The Hall–Kier alpha value is -1.10. The van der Waals surface area contributed by atoms with E-state index in [0.29, 0.717) is 13.0 Å². The maximum absolute atomic E-state index is 10.9. The zero-order valence-electron chi connectivity index (χ0n) is 5.79. The van der Waals surface area contributed by atoms with Crippen molar-refractivity contribution in [2.24, 2.45) is 0 Å². The summed E-state index contributed by atoms with van der Waals surface area (Å²) in [7, 11) is 0. The van der Waals surface area contributed by atoms with Crippen LogP contribution in [0.1, 0.15) is 6.42 Å². The molecule has 0 aromatic heterocycles. The molecule has 2 atom stereocenters. The highest BCUT2D eigenvalue weighted by Gasteiger charge is 2.35. The first-order valence-electron chi connectivity index (χ1n) is 3.48. The number of hydrogen-bond acceptors (Lipinski definition) is 3. The largest absolute Gasteiger partial charge is 0.373 e. The summed E-state index contributed by atoms with van der Waals surface area (Å²) < 4.78 is 4.92. The Labute approximate surface area is 63.1 Å². The summed E-state index contributed by atoms with van der Waals surface area (Å²) in [5.41, 5.74) is 0. The van der Waals surface area contributed by atoms with Crippen LogP contribution >= 0.6 is 0 Å². The predicted octanol–water partition coefficient (Wildman–Crippen LogP) is -1.02. The number of rotatable bonds is 2. The first-order chi connectivity index (χ1) is 5.25. The molecule has 5 heteroatoms. The molecule has 0 aliphatic carbocycles. The Morgan fingerprint density at radius 1 is 1.55 bits per heavy atom. The molecular formula is C6H8N2O3. The molecule has 0 saturated carbocycles. The van der Waals surface area contributed by atoms with Crippen LogP contribution in [0.15, 0.2) is 0 Å². The van der Waals surface area contributed by atoms with Crippen molar-refractivity contribution in [3.05, 3.63) is 0 Å². The number of carbonyl (C=O) groups is 2. The van der Waals surface area contributed by atoms with E-state index < -0.39 is 6.03 Å². The SMILES string of the molecule is O=C1NC(=O)C(CC2CO2)N1. The summed E-state index contributed by atoms with van der Waals surface area (Å²) in [4.78, 5) is 21.5. The van der Waals surface area contributed by atoms with Gasteiger partial charge in [-0.3, -0.25) is 10.1 Å². The molecule has 2 fully saturated rings. The Bertz CT molecular complexity index is 212. The lowest BCUT2D eigenvalue weighted by atomic mass is 10.2. The van der Waals surface area contributed by atoms with E-state index in [1.807, 2.05) is 0 Å². The maximum Gasteiger partial charge on any atom is 0.322 e. The summed E-state index contributed by atoms with van der Waals surface area (Å²) >= 11 is 0. The van der Waals surface area contributed by atoms with Crippen molar-refractivity contribution in [1.29, 1.82) is 0 Å². The van der Waals surface area contributed by atoms with Gasteiger partial charge in [0.2, 0.25) is 0 Å². The lowest BCUT2D eigenvalue weighted by Gasteiger charge is -2.01. The van der Waals surface area contributed by atoms with E-state index in [9.17, 15) is 9.59 Å². The van der Waals surface area contributed by atoms with Gasteiger partial charge in [0.1, 0.15) is 6.04 Å². The van der Waals surface area contributed by atoms with Crippen molar-refractivity contribution in [2.75, 3.05) is 6.61 Å². The Balaban J connectivity index is 1.91. The van der Waals surface area contributed by atoms with Crippen molar-refractivity contribution in [3.8, 4) is 0 Å². The fourth-order valence-electron chi connectivity index (χ4n) is 1.09. The highest BCUT2D eigenvalue weighted by Crippen LogP contribution is 2.16. The Morgan fingerprint density at radius 3 is 2.73 bits per heavy atom. The van der Waals surface area contributed by atoms with Gasteiger partial charge in [-0.15, -0.1) is 0 Å². The fourth-order valence-corrected chi connectivity index (χ4v) is 1.09. The van der Waals surface area contributed by atoms with Gasteiger partial charge in [-0.05, 0) is 0 Å². The van der Waals surface area contributed by atoms with E-state index in [0.717, 1.165) is 0 Å². The topological polar surface area (TPSA) is 70.7 Å². The first-order valence-corrected chi connectivity index (χ1v) is 3.48. The average Bonchev–Trinajstić information content (AvgIpc) is 2.64. The summed E-state index contributed by atoms with van der Waals surface area (Å²) in [6.45, 7) is 0.708. The van der Waals surface area contributed by atoms with Crippen molar-refractivity contribution < 1.29 is 14.3 Å². The Morgan fingerprint density at radius 2 is 2.27 bits per heavy atom. The number of imide groups is 1. The normalized spacial score (nSPS) is 34.9. The van der Waals surface area contributed by atoms with Crippen LogP contribution in [0.2, 0.25) is 0 Å². The van der Waals surface area contributed by atoms with E-state index in [1.54, 1.807) is 0 Å². The predicted molar refractivity (Wildman–Crippen MR) is 34.8 cm³/mol. The van der Waals surface area contributed by atoms with Crippen LogP contribution in [-0.2, 0) is 9.53 Å². The standard InChI is InChI=1S/C6H8N2O3/c9-5-4(1-3-2-11-3)7-6(10)8-5/h3-4H,1-2H2,(H2,7,8,9,10). The molecule has 2 N–H and O–H groups in total. The highest BCUT2D eigenvalue weighted by molar-refractivity contribution is 6.04. The van der Waals surface area contributed by atoms with Gasteiger partial charge >= 0.3 is 6.03 Å². The van der Waals surface area contributed by atoms with Crippen molar-refractivity contribution >= 4 is 11.9 Å². The van der Waals surface area contributed by atoms with Gasteiger partial charge in [-0.1, -0.05) is 0 Å².